The molecule has 0 fully saturated rings. The third-order valence-electron chi connectivity index (χ3n) is 4.90. The van der Waals surface area contributed by atoms with E-state index in [9.17, 15) is 0 Å². The molecule has 1 atom stereocenters. The second-order valence-electron chi connectivity index (χ2n) is 9.04. The Morgan fingerprint density at radius 1 is 0.968 bits per heavy atom. The van der Waals surface area contributed by atoms with Gasteiger partial charge in [0, 0.05) is 20.8 Å². The van der Waals surface area contributed by atoms with Crippen molar-refractivity contribution in [2.75, 3.05) is 5.32 Å². The van der Waals surface area contributed by atoms with Gasteiger partial charge in [0.1, 0.15) is 0 Å². The van der Waals surface area contributed by atoms with Crippen molar-refractivity contribution in [2.24, 2.45) is 5.41 Å². The Kier molecular flexibility index (Phi) is 6.99. The van der Waals surface area contributed by atoms with Gasteiger partial charge in [0.25, 0.3) is 0 Å². The first-order valence-electron chi connectivity index (χ1n) is 9.93. The number of nitrogens with zero attached hydrogens (tertiary/aromatic N) is 4. The summed E-state index contributed by atoms with van der Waals surface area (Å²) in [6.07, 6.45) is 4.06. The van der Waals surface area contributed by atoms with Gasteiger partial charge in [0.2, 0.25) is 0 Å². The number of hydrogen-bond donors (Lipinski definition) is 1. The number of benzene rings is 2. The number of aromatic nitrogens is 4. The molecule has 0 spiro atoms. The number of halogens is 3. The number of nitrogens with one attached hydrogen (secondary N) is 1. The predicted octanol–water partition coefficient (Wildman–Crippen LogP) is 7.28. The molecule has 164 valence electrons. The number of hydrogen-bond acceptors (Lipinski definition) is 4. The van der Waals surface area contributed by atoms with E-state index < -0.39 is 5.54 Å². The molecule has 0 amide bonds. The summed E-state index contributed by atoms with van der Waals surface area (Å²) in [6.45, 7) is 10.5. The number of allylic oxidation sites excluding steroid dienone is 1. The molecule has 0 bridgehead atoms. The van der Waals surface area contributed by atoms with Crippen molar-refractivity contribution in [1.29, 1.82) is 0 Å². The Hall–Kier alpha value is -2.08. The molecule has 3 aromatic rings. The summed E-state index contributed by atoms with van der Waals surface area (Å²) < 4.78 is 1.86. The van der Waals surface area contributed by atoms with Gasteiger partial charge in [0.05, 0.1) is 11.6 Å². The van der Waals surface area contributed by atoms with Gasteiger partial charge in [-0.05, 0) is 65.6 Å². The molecule has 3 rings (SSSR count). The first-order valence-corrected chi connectivity index (χ1v) is 11.1. The lowest BCUT2D eigenvalue weighted by Gasteiger charge is -2.33. The second kappa shape index (κ2) is 9.19. The Balaban J connectivity index is 1.97. The maximum Gasteiger partial charge on any atom is 0.176 e. The standard InChI is InChI=1S/C23H26Cl3N5/c1-22(2,3)20(12-10-15-9-11-17(25)14-19(15)26)31-21(28-29-30-31)23(4,5)27-18-8-6-7-16(24)13-18/h6-14,20,27H,1-5H3/b12-10+/t20-/m0/s1. The zero-order valence-corrected chi connectivity index (χ0v) is 20.5. The molecule has 1 N–H and O–H groups in total. The van der Waals surface area contributed by atoms with Crippen molar-refractivity contribution in [3.05, 3.63) is 75.0 Å². The molecule has 1 heterocycles. The summed E-state index contributed by atoms with van der Waals surface area (Å²) in [4.78, 5) is 0. The minimum absolute atomic E-state index is 0.121. The largest absolute Gasteiger partial charge is 0.373 e. The van der Waals surface area contributed by atoms with E-state index in [2.05, 4.69) is 47.7 Å². The van der Waals surface area contributed by atoms with Gasteiger partial charge in [-0.25, -0.2) is 4.68 Å². The lowest BCUT2D eigenvalue weighted by Crippen LogP contribution is -2.35. The SMILES string of the molecule is CC(C)(Nc1cccc(Cl)c1)c1nnnn1[C@@H](/C=C/c1ccc(Cl)cc1Cl)C(C)(C)C. The minimum atomic E-state index is -0.552. The van der Waals surface area contributed by atoms with E-state index in [-0.39, 0.29) is 11.5 Å². The summed E-state index contributed by atoms with van der Waals surface area (Å²) in [5.41, 5.74) is 1.06. The van der Waals surface area contributed by atoms with Gasteiger partial charge in [-0.3, -0.25) is 0 Å². The van der Waals surface area contributed by atoms with E-state index in [0.29, 0.717) is 20.9 Å². The van der Waals surface area contributed by atoms with Crippen LogP contribution in [-0.4, -0.2) is 20.2 Å². The molecule has 0 saturated heterocycles. The van der Waals surface area contributed by atoms with Gasteiger partial charge >= 0.3 is 0 Å². The molecule has 0 aliphatic carbocycles. The van der Waals surface area contributed by atoms with E-state index in [4.69, 9.17) is 34.8 Å². The van der Waals surface area contributed by atoms with E-state index in [1.807, 2.05) is 61.0 Å². The average Bonchev–Trinajstić information content (AvgIpc) is 3.12. The summed E-state index contributed by atoms with van der Waals surface area (Å²) in [5, 5.41) is 18.0. The lowest BCUT2D eigenvalue weighted by molar-refractivity contribution is 0.258. The highest BCUT2D eigenvalue weighted by Crippen LogP contribution is 2.36. The number of tetrazole rings is 1. The van der Waals surface area contributed by atoms with Crippen LogP contribution in [0.25, 0.3) is 6.08 Å². The molecule has 2 aromatic carbocycles. The van der Waals surface area contributed by atoms with Gasteiger partial charge in [-0.2, -0.15) is 0 Å². The molecule has 31 heavy (non-hydrogen) atoms. The molecule has 0 aliphatic heterocycles. The van der Waals surface area contributed by atoms with Crippen LogP contribution >= 0.6 is 34.8 Å². The summed E-state index contributed by atoms with van der Waals surface area (Å²) in [6, 6.07) is 12.9. The van der Waals surface area contributed by atoms with Crippen molar-refractivity contribution in [1.82, 2.24) is 20.2 Å². The van der Waals surface area contributed by atoms with Crippen LogP contribution in [0.5, 0.6) is 0 Å². The summed E-state index contributed by atoms with van der Waals surface area (Å²) in [5.74, 6) is 0.708. The van der Waals surface area contributed by atoms with Crippen LogP contribution in [0.3, 0.4) is 0 Å². The van der Waals surface area contributed by atoms with Crippen LogP contribution in [-0.2, 0) is 5.54 Å². The maximum absolute atomic E-state index is 6.36. The fraction of sp³-hybridized carbons (Fsp3) is 0.348. The fourth-order valence-corrected chi connectivity index (χ4v) is 4.01. The quantitative estimate of drug-likeness (QED) is 0.404. The molecule has 1 aromatic heterocycles. The van der Waals surface area contributed by atoms with Gasteiger partial charge in [-0.15, -0.1) is 5.10 Å². The highest BCUT2D eigenvalue weighted by molar-refractivity contribution is 6.35. The van der Waals surface area contributed by atoms with Crippen LogP contribution in [0.1, 0.15) is 52.0 Å². The molecule has 0 unspecified atom stereocenters. The topological polar surface area (TPSA) is 55.6 Å². The Morgan fingerprint density at radius 3 is 2.32 bits per heavy atom. The minimum Gasteiger partial charge on any atom is -0.373 e. The average molecular weight is 479 g/mol. The smallest absolute Gasteiger partial charge is 0.176 e. The fourth-order valence-electron chi connectivity index (χ4n) is 3.34. The third kappa shape index (κ3) is 5.79. The van der Waals surface area contributed by atoms with Gasteiger partial charge in [0.15, 0.2) is 5.82 Å². The second-order valence-corrected chi connectivity index (χ2v) is 10.3. The first kappa shape index (κ1) is 23.6. The Morgan fingerprint density at radius 2 is 1.68 bits per heavy atom. The normalized spacial score (nSPS) is 13.5. The number of rotatable bonds is 6. The summed E-state index contributed by atoms with van der Waals surface area (Å²) in [7, 11) is 0. The van der Waals surface area contributed by atoms with Gasteiger partial charge < -0.3 is 5.32 Å². The molecular weight excluding hydrogens is 453 g/mol. The maximum atomic E-state index is 6.36. The lowest BCUT2D eigenvalue weighted by atomic mass is 9.85. The molecule has 0 radical (unpaired) electrons. The van der Waals surface area contributed by atoms with Crippen LogP contribution in [0, 0.1) is 5.41 Å². The molecule has 8 heteroatoms. The van der Waals surface area contributed by atoms with Crippen molar-refractivity contribution in [3.63, 3.8) is 0 Å². The zero-order chi connectivity index (χ0) is 22.8. The van der Waals surface area contributed by atoms with Crippen LogP contribution in [0.2, 0.25) is 15.1 Å². The van der Waals surface area contributed by atoms with Crippen molar-refractivity contribution in [3.8, 4) is 0 Å². The number of anilines is 1. The zero-order valence-electron chi connectivity index (χ0n) is 18.2. The van der Waals surface area contributed by atoms with Crippen molar-refractivity contribution in [2.45, 2.75) is 46.2 Å². The Labute approximate surface area is 198 Å². The molecular formula is C23H26Cl3N5. The van der Waals surface area contributed by atoms with E-state index in [0.717, 1.165) is 11.3 Å². The van der Waals surface area contributed by atoms with E-state index in [1.165, 1.54) is 0 Å². The monoisotopic (exact) mass is 477 g/mol. The first-order chi connectivity index (χ1) is 14.5. The third-order valence-corrected chi connectivity index (χ3v) is 5.70. The van der Waals surface area contributed by atoms with Gasteiger partial charge in [-0.1, -0.05) is 79.9 Å². The molecule has 0 saturated carbocycles. The molecule has 0 aliphatic rings. The molecule has 5 nitrogen and oxygen atoms in total. The Bertz CT molecular complexity index is 1080. The van der Waals surface area contributed by atoms with E-state index in [1.54, 1.807) is 6.07 Å². The summed E-state index contributed by atoms with van der Waals surface area (Å²) >= 11 is 18.5. The highest BCUT2D eigenvalue weighted by Gasteiger charge is 2.34. The van der Waals surface area contributed by atoms with Crippen LogP contribution < -0.4 is 5.32 Å². The van der Waals surface area contributed by atoms with Crippen molar-refractivity contribution < 1.29 is 0 Å². The van der Waals surface area contributed by atoms with E-state index >= 15 is 0 Å². The predicted molar refractivity (Wildman–Crippen MR) is 130 cm³/mol. The van der Waals surface area contributed by atoms with Crippen LogP contribution in [0.15, 0.2) is 48.5 Å². The van der Waals surface area contributed by atoms with Crippen molar-refractivity contribution >= 4 is 46.6 Å². The van der Waals surface area contributed by atoms with Crippen LogP contribution in [0.4, 0.5) is 5.69 Å². The highest BCUT2D eigenvalue weighted by atomic mass is 35.5.